The van der Waals surface area contributed by atoms with E-state index in [1.165, 1.54) is 11.2 Å². The maximum absolute atomic E-state index is 12.7. The highest BCUT2D eigenvalue weighted by Crippen LogP contribution is 2.30. The van der Waals surface area contributed by atoms with Gasteiger partial charge in [0.05, 0.1) is 24.7 Å². The standard InChI is InChI=1S/C19H23NO6S/c1-3-24-17-8-7-14(10-18(17)25-4-2)19(21)20-11-16(12-20)27(22,23)13-15-6-5-9-26-15/h5-10,16H,3-4,11-13H2,1-2H3. The molecule has 0 bridgehead atoms. The second-order valence-electron chi connectivity index (χ2n) is 6.25. The van der Waals surface area contributed by atoms with Crippen LogP contribution in [0.4, 0.5) is 0 Å². The summed E-state index contributed by atoms with van der Waals surface area (Å²) < 4.78 is 41.0. The molecule has 0 aliphatic carbocycles. The normalized spacial score (nSPS) is 14.7. The number of ether oxygens (including phenoxy) is 2. The average Bonchev–Trinajstić information content (AvgIpc) is 3.07. The van der Waals surface area contributed by atoms with Crippen molar-refractivity contribution < 1.29 is 27.1 Å². The number of hydrogen-bond donors (Lipinski definition) is 0. The molecule has 1 aromatic heterocycles. The van der Waals surface area contributed by atoms with E-state index in [1.54, 1.807) is 30.3 Å². The molecule has 2 heterocycles. The number of rotatable bonds is 8. The lowest BCUT2D eigenvalue weighted by molar-refractivity contribution is 0.0658. The number of hydrogen-bond acceptors (Lipinski definition) is 6. The molecule has 1 aliphatic rings. The van der Waals surface area contributed by atoms with Crippen LogP contribution in [-0.4, -0.2) is 50.8 Å². The summed E-state index contributed by atoms with van der Waals surface area (Å²) in [6, 6.07) is 8.30. The molecule has 0 atom stereocenters. The first kappa shape index (κ1) is 19.3. The zero-order valence-corrected chi connectivity index (χ0v) is 16.2. The van der Waals surface area contributed by atoms with Crippen molar-refractivity contribution in [2.45, 2.75) is 24.9 Å². The molecule has 27 heavy (non-hydrogen) atoms. The Kier molecular flexibility index (Phi) is 5.74. The topological polar surface area (TPSA) is 86.0 Å². The van der Waals surface area contributed by atoms with Gasteiger partial charge in [0.1, 0.15) is 11.5 Å². The minimum absolute atomic E-state index is 0.149. The summed E-state index contributed by atoms with van der Waals surface area (Å²) >= 11 is 0. The number of likely N-dealkylation sites (tertiary alicyclic amines) is 1. The van der Waals surface area contributed by atoms with Gasteiger partial charge in [0.2, 0.25) is 0 Å². The van der Waals surface area contributed by atoms with Gasteiger partial charge in [-0.05, 0) is 44.2 Å². The van der Waals surface area contributed by atoms with Crippen LogP contribution in [0.1, 0.15) is 30.0 Å². The number of amides is 1. The quantitative estimate of drug-likeness (QED) is 0.685. The predicted octanol–water partition coefficient (Wildman–Crippen LogP) is 2.52. The van der Waals surface area contributed by atoms with E-state index in [0.717, 1.165) is 0 Å². The van der Waals surface area contributed by atoms with Gasteiger partial charge >= 0.3 is 0 Å². The summed E-state index contributed by atoms with van der Waals surface area (Å²) in [5.41, 5.74) is 0.448. The van der Waals surface area contributed by atoms with E-state index in [9.17, 15) is 13.2 Å². The Hall–Kier alpha value is -2.48. The van der Waals surface area contributed by atoms with Crippen molar-refractivity contribution >= 4 is 15.7 Å². The minimum atomic E-state index is -3.36. The predicted molar refractivity (Wildman–Crippen MR) is 99.8 cm³/mol. The van der Waals surface area contributed by atoms with Crippen molar-refractivity contribution in [1.82, 2.24) is 4.90 Å². The molecule has 146 valence electrons. The maximum Gasteiger partial charge on any atom is 0.254 e. The van der Waals surface area contributed by atoms with E-state index >= 15 is 0 Å². The van der Waals surface area contributed by atoms with Crippen molar-refractivity contribution in [3.8, 4) is 11.5 Å². The van der Waals surface area contributed by atoms with Gasteiger partial charge < -0.3 is 18.8 Å². The number of furan rings is 1. The van der Waals surface area contributed by atoms with Gasteiger partial charge in [-0.25, -0.2) is 8.42 Å². The monoisotopic (exact) mass is 393 g/mol. The first-order valence-corrected chi connectivity index (χ1v) is 10.6. The summed E-state index contributed by atoms with van der Waals surface area (Å²) in [4.78, 5) is 14.2. The molecule has 0 N–H and O–H groups in total. The number of carbonyl (C=O) groups is 1. The number of nitrogens with zero attached hydrogens (tertiary/aromatic N) is 1. The van der Waals surface area contributed by atoms with Crippen LogP contribution in [0.2, 0.25) is 0 Å². The molecule has 8 heteroatoms. The average molecular weight is 393 g/mol. The molecule has 0 spiro atoms. The van der Waals surface area contributed by atoms with Crippen LogP contribution in [0.15, 0.2) is 41.0 Å². The zero-order chi connectivity index (χ0) is 19.4. The highest BCUT2D eigenvalue weighted by Gasteiger charge is 2.40. The molecular weight excluding hydrogens is 370 g/mol. The molecule has 1 aromatic carbocycles. The number of sulfone groups is 1. The van der Waals surface area contributed by atoms with Gasteiger partial charge in [-0.3, -0.25) is 4.79 Å². The molecule has 1 fully saturated rings. The largest absolute Gasteiger partial charge is 0.490 e. The van der Waals surface area contributed by atoms with E-state index in [2.05, 4.69) is 0 Å². The Bertz CT molecular complexity index is 885. The first-order chi connectivity index (χ1) is 12.9. The van der Waals surface area contributed by atoms with Gasteiger partial charge in [-0.15, -0.1) is 0 Å². The smallest absolute Gasteiger partial charge is 0.254 e. The SMILES string of the molecule is CCOc1ccc(C(=O)N2CC(S(=O)(=O)Cc3ccco3)C2)cc1OCC. The van der Waals surface area contributed by atoms with Crippen molar-refractivity contribution in [1.29, 1.82) is 0 Å². The Labute approximate surface area is 158 Å². The molecule has 0 radical (unpaired) electrons. The Morgan fingerprint density at radius 2 is 1.85 bits per heavy atom. The molecule has 0 saturated carbocycles. The molecule has 2 aromatic rings. The Balaban J connectivity index is 1.65. The van der Waals surface area contributed by atoms with E-state index in [1.807, 2.05) is 13.8 Å². The number of benzene rings is 1. The molecule has 1 aliphatic heterocycles. The van der Waals surface area contributed by atoms with Crippen molar-refractivity contribution in [3.05, 3.63) is 47.9 Å². The molecule has 1 amide bonds. The fraction of sp³-hybridized carbons (Fsp3) is 0.421. The van der Waals surface area contributed by atoms with Gasteiger partial charge in [-0.2, -0.15) is 0 Å². The second-order valence-corrected chi connectivity index (χ2v) is 8.53. The van der Waals surface area contributed by atoms with Gasteiger partial charge in [0, 0.05) is 18.7 Å². The molecular formula is C19H23NO6S. The summed E-state index contributed by atoms with van der Waals surface area (Å²) in [5.74, 6) is 1.13. The fourth-order valence-corrected chi connectivity index (χ4v) is 4.52. The summed E-state index contributed by atoms with van der Waals surface area (Å²) in [5, 5.41) is -0.569. The highest BCUT2D eigenvalue weighted by molar-refractivity contribution is 7.91. The van der Waals surface area contributed by atoms with Crippen molar-refractivity contribution in [2.75, 3.05) is 26.3 Å². The Morgan fingerprint density at radius 1 is 1.15 bits per heavy atom. The van der Waals surface area contributed by atoms with Crippen LogP contribution in [0.25, 0.3) is 0 Å². The van der Waals surface area contributed by atoms with Gasteiger partial charge in [0.15, 0.2) is 21.3 Å². The maximum atomic E-state index is 12.7. The fourth-order valence-electron chi connectivity index (χ4n) is 2.91. The van der Waals surface area contributed by atoms with E-state index in [-0.39, 0.29) is 24.7 Å². The second kappa shape index (κ2) is 8.04. The van der Waals surface area contributed by atoms with Crippen LogP contribution < -0.4 is 9.47 Å². The van der Waals surface area contributed by atoms with Gasteiger partial charge in [-0.1, -0.05) is 0 Å². The molecule has 1 saturated heterocycles. The molecule has 0 unspecified atom stereocenters. The Morgan fingerprint density at radius 3 is 2.48 bits per heavy atom. The zero-order valence-electron chi connectivity index (χ0n) is 15.4. The van der Waals surface area contributed by atoms with E-state index < -0.39 is 15.1 Å². The lowest BCUT2D eigenvalue weighted by Crippen LogP contribution is -2.57. The molecule has 3 rings (SSSR count). The summed E-state index contributed by atoms with van der Waals surface area (Å²) in [6.45, 7) is 5.04. The van der Waals surface area contributed by atoms with E-state index in [4.69, 9.17) is 13.9 Å². The van der Waals surface area contributed by atoms with Crippen LogP contribution in [0.5, 0.6) is 11.5 Å². The summed E-state index contributed by atoms with van der Waals surface area (Å²) in [6.07, 6.45) is 1.45. The highest BCUT2D eigenvalue weighted by atomic mass is 32.2. The third-order valence-corrected chi connectivity index (χ3v) is 6.36. The number of carbonyl (C=O) groups excluding carboxylic acids is 1. The van der Waals surface area contributed by atoms with Crippen LogP contribution in [0.3, 0.4) is 0 Å². The van der Waals surface area contributed by atoms with Crippen LogP contribution in [-0.2, 0) is 15.6 Å². The van der Waals surface area contributed by atoms with Crippen LogP contribution >= 0.6 is 0 Å². The molecule has 7 nitrogen and oxygen atoms in total. The van der Waals surface area contributed by atoms with Gasteiger partial charge in [0.25, 0.3) is 5.91 Å². The first-order valence-electron chi connectivity index (χ1n) is 8.87. The minimum Gasteiger partial charge on any atom is -0.490 e. The summed E-state index contributed by atoms with van der Waals surface area (Å²) in [7, 11) is -3.36. The third kappa shape index (κ3) is 4.27. The lowest BCUT2D eigenvalue weighted by atomic mass is 10.1. The van der Waals surface area contributed by atoms with Crippen molar-refractivity contribution in [3.63, 3.8) is 0 Å². The third-order valence-electron chi connectivity index (χ3n) is 4.36. The lowest BCUT2D eigenvalue weighted by Gasteiger charge is -2.38. The van der Waals surface area contributed by atoms with Crippen LogP contribution in [0, 0.1) is 0 Å². The van der Waals surface area contributed by atoms with E-state index in [0.29, 0.717) is 36.0 Å². The van der Waals surface area contributed by atoms with Crippen molar-refractivity contribution in [2.24, 2.45) is 0 Å².